The Morgan fingerprint density at radius 2 is 1.71 bits per heavy atom. The summed E-state index contributed by atoms with van der Waals surface area (Å²) in [5, 5.41) is 3.59. The minimum absolute atomic E-state index is 0.751. The van der Waals surface area contributed by atoms with Crippen molar-refractivity contribution in [1.82, 2.24) is 15.1 Å². The summed E-state index contributed by atoms with van der Waals surface area (Å²) < 4.78 is 0. The van der Waals surface area contributed by atoms with Gasteiger partial charge in [-0.2, -0.15) is 0 Å². The second-order valence-corrected chi connectivity index (χ2v) is 7.74. The lowest BCUT2D eigenvalue weighted by atomic mass is 9.76. The maximum absolute atomic E-state index is 3.59. The lowest BCUT2D eigenvalue weighted by Gasteiger charge is -2.41. The van der Waals surface area contributed by atoms with E-state index in [1.165, 1.54) is 65.0 Å². The third kappa shape index (κ3) is 5.22. The maximum atomic E-state index is 3.59. The Morgan fingerprint density at radius 3 is 2.29 bits per heavy atom. The van der Waals surface area contributed by atoms with Gasteiger partial charge < -0.3 is 15.1 Å². The highest BCUT2D eigenvalue weighted by Crippen LogP contribution is 2.32. The molecule has 0 spiro atoms. The molecule has 0 aromatic carbocycles. The fourth-order valence-electron chi connectivity index (χ4n) is 4.32. The molecular weight excluding hydrogens is 258 g/mol. The van der Waals surface area contributed by atoms with Crippen molar-refractivity contribution >= 4 is 0 Å². The molecule has 0 aromatic heterocycles. The van der Waals surface area contributed by atoms with Crippen LogP contribution < -0.4 is 5.32 Å². The molecular formula is C18H37N3. The SMILES string of the molecule is CCC1CCC(NC)C(CN2CCN(CC(C)C)CC2)C1. The second kappa shape index (κ2) is 8.50. The Balaban J connectivity index is 1.78. The molecule has 3 nitrogen and oxygen atoms in total. The van der Waals surface area contributed by atoms with E-state index in [-0.39, 0.29) is 0 Å². The van der Waals surface area contributed by atoms with Gasteiger partial charge in [-0.3, -0.25) is 0 Å². The molecule has 0 bridgehead atoms. The number of hydrogen-bond acceptors (Lipinski definition) is 3. The molecule has 0 radical (unpaired) electrons. The molecule has 2 aliphatic rings. The fraction of sp³-hybridized carbons (Fsp3) is 1.00. The van der Waals surface area contributed by atoms with E-state index in [2.05, 4.69) is 42.9 Å². The molecule has 0 amide bonds. The van der Waals surface area contributed by atoms with Crippen LogP contribution in [0.1, 0.15) is 46.5 Å². The van der Waals surface area contributed by atoms with Crippen molar-refractivity contribution in [2.75, 3.05) is 46.3 Å². The quantitative estimate of drug-likeness (QED) is 0.813. The van der Waals surface area contributed by atoms with Gasteiger partial charge in [0.25, 0.3) is 0 Å². The summed E-state index contributed by atoms with van der Waals surface area (Å²) in [7, 11) is 2.16. The minimum Gasteiger partial charge on any atom is -0.317 e. The second-order valence-electron chi connectivity index (χ2n) is 7.74. The Kier molecular flexibility index (Phi) is 6.97. The molecule has 1 heterocycles. The number of nitrogens with zero attached hydrogens (tertiary/aromatic N) is 2. The average molecular weight is 296 g/mol. The maximum Gasteiger partial charge on any atom is 0.0110 e. The highest BCUT2D eigenvalue weighted by Gasteiger charge is 2.30. The zero-order valence-electron chi connectivity index (χ0n) is 14.8. The van der Waals surface area contributed by atoms with Crippen LogP contribution in [-0.4, -0.2) is 62.2 Å². The highest BCUT2D eigenvalue weighted by molar-refractivity contribution is 4.86. The topological polar surface area (TPSA) is 18.5 Å². The third-order valence-corrected chi connectivity index (χ3v) is 5.62. The first-order valence-corrected chi connectivity index (χ1v) is 9.24. The van der Waals surface area contributed by atoms with Gasteiger partial charge in [0, 0.05) is 45.3 Å². The van der Waals surface area contributed by atoms with E-state index < -0.39 is 0 Å². The molecule has 2 rings (SSSR count). The zero-order chi connectivity index (χ0) is 15.2. The minimum atomic E-state index is 0.751. The van der Waals surface area contributed by atoms with Crippen LogP contribution in [0.2, 0.25) is 0 Å². The molecule has 3 atom stereocenters. The van der Waals surface area contributed by atoms with Crippen molar-refractivity contribution in [2.45, 2.75) is 52.5 Å². The first kappa shape index (κ1) is 17.2. The lowest BCUT2D eigenvalue weighted by Crippen LogP contribution is -2.51. The van der Waals surface area contributed by atoms with E-state index in [0.29, 0.717) is 0 Å². The lowest BCUT2D eigenvalue weighted by molar-refractivity contribution is 0.0846. The van der Waals surface area contributed by atoms with Crippen LogP contribution in [0.3, 0.4) is 0 Å². The predicted molar refractivity (Wildman–Crippen MR) is 91.7 cm³/mol. The van der Waals surface area contributed by atoms with Crippen LogP contribution in [0.25, 0.3) is 0 Å². The summed E-state index contributed by atoms with van der Waals surface area (Å²) in [4.78, 5) is 5.37. The zero-order valence-corrected chi connectivity index (χ0v) is 14.8. The van der Waals surface area contributed by atoms with Gasteiger partial charge in [-0.1, -0.05) is 27.2 Å². The molecule has 21 heavy (non-hydrogen) atoms. The van der Waals surface area contributed by atoms with Gasteiger partial charge >= 0.3 is 0 Å². The van der Waals surface area contributed by atoms with E-state index in [1.54, 1.807) is 0 Å². The normalized spacial score (nSPS) is 32.7. The van der Waals surface area contributed by atoms with Gasteiger partial charge in [-0.05, 0) is 44.1 Å². The molecule has 1 aliphatic heterocycles. The first-order valence-electron chi connectivity index (χ1n) is 9.24. The van der Waals surface area contributed by atoms with Crippen molar-refractivity contribution < 1.29 is 0 Å². The van der Waals surface area contributed by atoms with Crippen molar-refractivity contribution in [1.29, 1.82) is 0 Å². The van der Waals surface area contributed by atoms with Crippen molar-refractivity contribution in [2.24, 2.45) is 17.8 Å². The van der Waals surface area contributed by atoms with E-state index in [9.17, 15) is 0 Å². The number of rotatable bonds is 6. The average Bonchev–Trinajstić information content (AvgIpc) is 2.48. The molecule has 2 fully saturated rings. The number of nitrogens with one attached hydrogen (secondary N) is 1. The van der Waals surface area contributed by atoms with E-state index >= 15 is 0 Å². The van der Waals surface area contributed by atoms with Crippen LogP contribution in [0.15, 0.2) is 0 Å². The smallest absolute Gasteiger partial charge is 0.0110 e. The summed E-state index contributed by atoms with van der Waals surface area (Å²) in [5.41, 5.74) is 0. The molecule has 0 aromatic rings. The Hall–Kier alpha value is -0.120. The van der Waals surface area contributed by atoms with Crippen molar-refractivity contribution in [3.05, 3.63) is 0 Å². The van der Waals surface area contributed by atoms with Gasteiger partial charge in [0.2, 0.25) is 0 Å². The van der Waals surface area contributed by atoms with Gasteiger partial charge in [0.15, 0.2) is 0 Å². The summed E-state index contributed by atoms with van der Waals surface area (Å²) in [5.74, 6) is 2.64. The standard InChI is InChI=1S/C18H37N3/c1-5-16-6-7-18(19-4)17(12-16)14-21-10-8-20(9-11-21)13-15(2)3/h15-19H,5-14H2,1-4H3. The molecule has 1 aliphatic carbocycles. The Morgan fingerprint density at radius 1 is 1.05 bits per heavy atom. The monoisotopic (exact) mass is 295 g/mol. The molecule has 124 valence electrons. The number of hydrogen-bond donors (Lipinski definition) is 1. The number of piperazine rings is 1. The van der Waals surface area contributed by atoms with Crippen molar-refractivity contribution in [3.8, 4) is 0 Å². The van der Waals surface area contributed by atoms with E-state index in [4.69, 9.17) is 0 Å². The largest absolute Gasteiger partial charge is 0.317 e. The summed E-state index contributed by atoms with van der Waals surface area (Å²) in [6, 6.07) is 0.751. The van der Waals surface area contributed by atoms with Gasteiger partial charge in [-0.25, -0.2) is 0 Å². The van der Waals surface area contributed by atoms with Crippen LogP contribution in [-0.2, 0) is 0 Å². The van der Waals surface area contributed by atoms with Crippen molar-refractivity contribution in [3.63, 3.8) is 0 Å². The summed E-state index contributed by atoms with van der Waals surface area (Å²) in [6.07, 6.45) is 5.62. The summed E-state index contributed by atoms with van der Waals surface area (Å²) in [6.45, 7) is 14.7. The Labute approximate surface area is 132 Å². The van der Waals surface area contributed by atoms with Crippen LogP contribution >= 0.6 is 0 Å². The fourth-order valence-corrected chi connectivity index (χ4v) is 4.32. The first-order chi connectivity index (χ1) is 10.1. The van der Waals surface area contributed by atoms with Crippen LogP contribution in [0, 0.1) is 17.8 Å². The van der Waals surface area contributed by atoms with Crippen LogP contribution in [0.4, 0.5) is 0 Å². The van der Waals surface area contributed by atoms with Gasteiger partial charge in [0.05, 0.1) is 0 Å². The third-order valence-electron chi connectivity index (χ3n) is 5.62. The molecule has 3 unspecified atom stereocenters. The van der Waals surface area contributed by atoms with Gasteiger partial charge in [0.1, 0.15) is 0 Å². The predicted octanol–water partition coefficient (Wildman–Crippen LogP) is 2.67. The van der Waals surface area contributed by atoms with E-state index in [1.807, 2.05) is 0 Å². The molecule has 1 saturated heterocycles. The summed E-state index contributed by atoms with van der Waals surface area (Å²) >= 11 is 0. The molecule has 3 heteroatoms. The molecule has 1 N–H and O–H groups in total. The van der Waals surface area contributed by atoms with Crippen LogP contribution in [0.5, 0.6) is 0 Å². The Bertz CT molecular complexity index is 284. The highest BCUT2D eigenvalue weighted by atomic mass is 15.3. The van der Waals surface area contributed by atoms with E-state index in [0.717, 1.165) is 23.8 Å². The van der Waals surface area contributed by atoms with Gasteiger partial charge in [-0.15, -0.1) is 0 Å². The molecule has 1 saturated carbocycles.